The molecule has 0 aromatic heterocycles. The quantitative estimate of drug-likeness (QED) is 0.530. The maximum absolute atomic E-state index is 9.43. The lowest BCUT2D eigenvalue weighted by molar-refractivity contribution is -0.115. The Kier molecular flexibility index (Phi) is 5.80. The van der Waals surface area contributed by atoms with Gasteiger partial charge in [-0.25, -0.2) is 0 Å². The van der Waals surface area contributed by atoms with E-state index in [9.17, 15) is 4.79 Å². The lowest BCUT2D eigenvalue weighted by atomic mass is 10.3. The first kappa shape index (κ1) is 11.8. The summed E-state index contributed by atoms with van der Waals surface area (Å²) in [5.74, 6) is 0.232. The number of aromatic hydroxyl groups is 1. The number of para-hydroxylation sites is 1. The number of carbonyl (C=O) groups is 1. The Morgan fingerprint density at radius 2 is 1.85 bits per heavy atom. The third-order valence-corrected chi connectivity index (χ3v) is 1.47. The zero-order chi connectivity index (χ0) is 10.3. The molecule has 0 saturated heterocycles. The summed E-state index contributed by atoms with van der Waals surface area (Å²) in [6.07, 6.45) is 0.750. The average Bonchev–Trinajstić information content (AvgIpc) is 2.11. The molecule has 72 valence electrons. The molecule has 1 aromatic carbocycles. The molecule has 13 heavy (non-hydrogen) atoms. The Labute approximate surface area is 83.4 Å². The van der Waals surface area contributed by atoms with Gasteiger partial charge in [-0.2, -0.15) is 0 Å². The van der Waals surface area contributed by atoms with Gasteiger partial charge in [0.1, 0.15) is 5.75 Å². The van der Waals surface area contributed by atoms with Crippen LogP contribution in [-0.2, 0) is 4.79 Å². The minimum atomic E-state index is 0.232. The predicted octanol–water partition coefficient (Wildman–Crippen LogP) is 1.39. The van der Waals surface area contributed by atoms with Crippen molar-refractivity contribution in [3.8, 4) is 5.75 Å². The third kappa shape index (κ3) is 6.04. The summed E-state index contributed by atoms with van der Waals surface area (Å²) in [5, 5.41) is 8.84. The van der Waals surface area contributed by atoms with Gasteiger partial charge >= 0.3 is 0 Å². The number of hydrogen-bond donors (Lipinski definition) is 2. The van der Waals surface area contributed by atoms with E-state index in [1.54, 1.807) is 32.3 Å². The zero-order valence-electron chi connectivity index (χ0n) is 7.64. The van der Waals surface area contributed by atoms with E-state index in [1.165, 1.54) is 4.90 Å². The van der Waals surface area contributed by atoms with Crippen molar-refractivity contribution in [1.29, 1.82) is 0 Å². The fourth-order valence-electron chi connectivity index (χ4n) is 0.464. The van der Waals surface area contributed by atoms with Gasteiger partial charge in [-0.1, -0.05) is 12.1 Å². The molecule has 0 saturated carbocycles. The summed E-state index contributed by atoms with van der Waals surface area (Å²) in [6, 6.07) is 6.91. The van der Waals surface area contributed by atoms with Crippen LogP contribution in [0.2, 0.25) is 0 Å². The average molecular weight is 199 g/mol. The van der Waals surface area contributed by atoms with Crippen molar-refractivity contribution in [3.05, 3.63) is 24.3 Å². The number of hydrogen-bond acceptors (Lipinski definition) is 3. The van der Waals surface area contributed by atoms with E-state index in [0.29, 0.717) is 4.90 Å². The highest BCUT2D eigenvalue weighted by molar-refractivity contribution is 7.80. The van der Waals surface area contributed by atoms with Gasteiger partial charge in [-0.3, -0.25) is 4.79 Å². The van der Waals surface area contributed by atoms with Crippen LogP contribution in [0.25, 0.3) is 0 Å². The van der Waals surface area contributed by atoms with Crippen LogP contribution < -0.4 is 0 Å². The normalized spacial score (nSPS) is 8.23. The largest absolute Gasteiger partial charge is 0.507 e. The van der Waals surface area contributed by atoms with E-state index in [-0.39, 0.29) is 5.75 Å². The molecule has 1 amide bonds. The first-order valence-corrected chi connectivity index (χ1v) is 4.11. The maximum Gasteiger partial charge on any atom is 0.209 e. The van der Waals surface area contributed by atoms with Gasteiger partial charge in [-0.15, -0.1) is 12.6 Å². The van der Waals surface area contributed by atoms with E-state index < -0.39 is 0 Å². The molecule has 0 unspecified atom stereocenters. The number of nitrogens with zero attached hydrogens (tertiary/aromatic N) is 1. The van der Waals surface area contributed by atoms with Crippen molar-refractivity contribution >= 4 is 19.0 Å². The summed E-state index contributed by atoms with van der Waals surface area (Å²) in [7, 11) is 3.38. The second-order valence-electron chi connectivity index (χ2n) is 2.56. The van der Waals surface area contributed by atoms with E-state index in [0.717, 1.165) is 6.41 Å². The molecule has 0 atom stereocenters. The van der Waals surface area contributed by atoms with Crippen LogP contribution >= 0.6 is 12.6 Å². The standard InChI is InChI=1S/C6H6OS.C3H7NO/c7-5-3-1-2-4-6(5)8;1-4(2)3-5/h1-4,7-8H;3H,1-2H3. The van der Waals surface area contributed by atoms with E-state index >= 15 is 0 Å². The highest BCUT2D eigenvalue weighted by atomic mass is 32.1. The summed E-state index contributed by atoms with van der Waals surface area (Å²) < 4.78 is 0. The van der Waals surface area contributed by atoms with Crippen LogP contribution in [0.15, 0.2) is 29.2 Å². The Balaban J connectivity index is 0.000000252. The molecule has 4 heteroatoms. The Morgan fingerprint density at radius 1 is 1.38 bits per heavy atom. The molecule has 1 N–H and O–H groups in total. The highest BCUT2D eigenvalue weighted by Crippen LogP contribution is 2.18. The Hall–Kier alpha value is -1.16. The summed E-state index contributed by atoms with van der Waals surface area (Å²) in [4.78, 5) is 11.5. The SMILES string of the molecule is CN(C)C=O.Oc1ccccc1S. The number of thiol groups is 1. The number of phenols is 1. The van der Waals surface area contributed by atoms with Crippen molar-refractivity contribution in [3.63, 3.8) is 0 Å². The van der Waals surface area contributed by atoms with Gasteiger partial charge in [0, 0.05) is 19.0 Å². The van der Waals surface area contributed by atoms with Crippen LogP contribution in [0.3, 0.4) is 0 Å². The molecule has 0 spiro atoms. The van der Waals surface area contributed by atoms with E-state index in [2.05, 4.69) is 12.6 Å². The molecule has 0 heterocycles. The Bertz CT molecular complexity index is 243. The van der Waals surface area contributed by atoms with Crippen molar-refractivity contribution in [2.24, 2.45) is 0 Å². The van der Waals surface area contributed by atoms with Crippen LogP contribution in [-0.4, -0.2) is 30.5 Å². The topological polar surface area (TPSA) is 40.5 Å². The molecule has 1 aromatic rings. The van der Waals surface area contributed by atoms with Crippen LogP contribution in [0.4, 0.5) is 0 Å². The van der Waals surface area contributed by atoms with Crippen molar-refractivity contribution < 1.29 is 9.90 Å². The van der Waals surface area contributed by atoms with E-state index in [4.69, 9.17) is 5.11 Å². The first-order chi connectivity index (χ1) is 6.07. The molecule has 0 aliphatic heterocycles. The predicted molar refractivity (Wildman–Crippen MR) is 55.1 cm³/mol. The van der Waals surface area contributed by atoms with E-state index in [1.807, 2.05) is 6.07 Å². The lowest BCUT2D eigenvalue weighted by Gasteiger charge is -1.93. The second-order valence-corrected chi connectivity index (χ2v) is 3.04. The smallest absolute Gasteiger partial charge is 0.209 e. The lowest BCUT2D eigenvalue weighted by Crippen LogP contribution is -2.06. The van der Waals surface area contributed by atoms with Crippen molar-refractivity contribution in [2.75, 3.05) is 14.1 Å². The fraction of sp³-hybridized carbons (Fsp3) is 0.222. The number of rotatable bonds is 1. The summed E-state index contributed by atoms with van der Waals surface area (Å²) in [5.41, 5.74) is 0. The molecule has 0 fully saturated rings. The van der Waals surface area contributed by atoms with Crippen LogP contribution in [0.1, 0.15) is 0 Å². The van der Waals surface area contributed by atoms with Crippen LogP contribution in [0.5, 0.6) is 5.75 Å². The molecular weight excluding hydrogens is 186 g/mol. The number of carbonyl (C=O) groups excluding carboxylic acids is 1. The zero-order valence-corrected chi connectivity index (χ0v) is 8.53. The van der Waals surface area contributed by atoms with Gasteiger partial charge in [0.2, 0.25) is 6.41 Å². The Morgan fingerprint density at radius 3 is 2.08 bits per heavy atom. The highest BCUT2D eigenvalue weighted by Gasteiger charge is 1.88. The van der Waals surface area contributed by atoms with Gasteiger partial charge in [0.15, 0.2) is 0 Å². The van der Waals surface area contributed by atoms with Crippen molar-refractivity contribution in [1.82, 2.24) is 4.90 Å². The number of amides is 1. The molecule has 0 bridgehead atoms. The van der Waals surface area contributed by atoms with Gasteiger partial charge < -0.3 is 10.0 Å². The minimum Gasteiger partial charge on any atom is -0.507 e. The molecule has 0 aliphatic carbocycles. The molecular formula is C9H13NO2S. The maximum atomic E-state index is 9.43. The number of benzene rings is 1. The monoisotopic (exact) mass is 199 g/mol. The van der Waals surface area contributed by atoms with Gasteiger partial charge in [0.25, 0.3) is 0 Å². The van der Waals surface area contributed by atoms with Gasteiger partial charge in [-0.05, 0) is 12.1 Å². The molecule has 0 radical (unpaired) electrons. The van der Waals surface area contributed by atoms with Crippen LogP contribution in [0, 0.1) is 0 Å². The number of phenolic OH excluding ortho intramolecular Hbond substituents is 1. The molecule has 0 aliphatic rings. The fourth-order valence-corrected chi connectivity index (χ4v) is 0.625. The van der Waals surface area contributed by atoms with Gasteiger partial charge in [0.05, 0.1) is 0 Å². The summed E-state index contributed by atoms with van der Waals surface area (Å²) >= 11 is 3.95. The molecule has 1 rings (SSSR count). The summed E-state index contributed by atoms with van der Waals surface area (Å²) in [6.45, 7) is 0. The minimum absolute atomic E-state index is 0.232. The molecule has 3 nitrogen and oxygen atoms in total. The third-order valence-electron chi connectivity index (χ3n) is 1.09. The van der Waals surface area contributed by atoms with Crippen molar-refractivity contribution in [2.45, 2.75) is 4.90 Å². The first-order valence-electron chi connectivity index (χ1n) is 3.66. The second kappa shape index (κ2) is 6.37.